The highest BCUT2D eigenvalue weighted by Crippen LogP contribution is 2.74. The molecule has 0 bridgehead atoms. The van der Waals surface area contributed by atoms with Gasteiger partial charge in [0.1, 0.15) is 30.5 Å². The van der Waals surface area contributed by atoms with E-state index in [-0.39, 0.29) is 35.4 Å². The smallest absolute Gasteiger partial charge is 0.335 e. The summed E-state index contributed by atoms with van der Waals surface area (Å²) in [4.78, 5) is 39.4. The van der Waals surface area contributed by atoms with Crippen LogP contribution in [0.2, 0.25) is 0 Å². The van der Waals surface area contributed by atoms with Crippen LogP contribution >= 0.6 is 0 Å². The molecular formula is C35H52O12. The van der Waals surface area contributed by atoms with Crippen molar-refractivity contribution in [1.82, 2.24) is 0 Å². The number of aliphatic hydroxyl groups is 5. The Labute approximate surface area is 275 Å². The molecule has 5 aliphatic carbocycles. The summed E-state index contributed by atoms with van der Waals surface area (Å²) in [6.07, 6.45) is -7.22. The second-order valence-electron chi connectivity index (χ2n) is 17.2. The molecule has 0 amide bonds. The quantitative estimate of drug-likeness (QED) is 0.170. The summed E-state index contributed by atoms with van der Waals surface area (Å²) in [5.41, 5.74) is -3.00. The van der Waals surface area contributed by atoms with Gasteiger partial charge in [-0.1, -0.05) is 39.3 Å². The van der Waals surface area contributed by atoms with Crippen molar-refractivity contribution in [2.45, 2.75) is 136 Å². The van der Waals surface area contributed by atoms with E-state index in [1.165, 1.54) is 6.92 Å². The number of carbonyl (C=O) groups is 3. The first-order valence-corrected chi connectivity index (χ1v) is 17.1. The van der Waals surface area contributed by atoms with Gasteiger partial charge in [-0.05, 0) is 98.7 Å². The Morgan fingerprint density at radius 2 is 1.53 bits per heavy atom. The van der Waals surface area contributed by atoms with Crippen molar-refractivity contribution in [1.29, 1.82) is 0 Å². The van der Waals surface area contributed by atoms with Gasteiger partial charge >= 0.3 is 11.9 Å². The lowest BCUT2D eigenvalue weighted by molar-refractivity contribution is -0.335. The number of carboxylic acid groups (broad SMARTS) is 2. The Morgan fingerprint density at radius 1 is 0.872 bits per heavy atom. The number of hydrogen-bond donors (Lipinski definition) is 7. The van der Waals surface area contributed by atoms with E-state index in [2.05, 4.69) is 26.8 Å². The van der Waals surface area contributed by atoms with E-state index in [1.54, 1.807) is 0 Å². The van der Waals surface area contributed by atoms with Gasteiger partial charge in [0.15, 0.2) is 18.2 Å². The maximum Gasteiger partial charge on any atom is 0.335 e. The average molecular weight is 665 g/mol. The summed E-state index contributed by atoms with van der Waals surface area (Å²) in [5.74, 6) is -3.88. The first-order chi connectivity index (χ1) is 21.7. The standard InChI is InChI=1S/C35H52O12/c1-31(2)11-9-15-16(13-31)17-7-8-19-32(3)14-18(36)27(47-29-24(40)22(38)23(39)25(46-29)28(42)43)34(5,30(44)45)20(32)10-12-33(19,4)35(17,6)26(41)21(15)37/h7,15-16,18-25,27,29,36-40H,8-14H2,1-6H3,(H,42,43)(H,44,45)/t15-,16+,18-,19+,20-,21+,22-,23-,24-,25+,27-,29-,32+,33+,34-,35-/m0/s1. The van der Waals surface area contributed by atoms with E-state index < -0.39 is 88.5 Å². The monoisotopic (exact) mass is 664 g/mol. The zero-order chi connectivity index (χ0) is 34.8. The molecule has 0 aromatic rings. The Hall–Kier alpha value is -1.93. The molecule has 6 aliphatic rings. The van der Waals surface area contributed by atoms with E-state index in [4.69, 9.17) is 9.47 Å². The first-order valence-electron chi connectivity index (χ1n) is 17.1. The number of aliphatic carboxylic acids is 2. The van der Waals surface area contributed by atoms with Crippen molar-refractivity contribution in [2.75, 3.05) is 0 Å². The van der Waals surface area contributed by atoms with Crippen LogP contribution < -0.4 is 0 Å². The zero-order valence-electron chi connectivity index (χ0n) is 28.1. The van der Waals surface area contributed by atoms with E-state index in [1.807, 2.05) is 13.8 Å². The minimum absolute atomic E-state index is 0.0733. The molecule has 16 atom stereocenters. The number of fused-ring (bicyclic) bond motifs is 7. The van der Waals surface area contributed by atoms with Crippen LogP contribution in [0.4, 0.5) is 0 Å². The molecule has 264 valence electrons. The summed E-state index contributed by atoms with van der Waals surface area (Å²) in [6, 6.07) is 0. The van der Waals surface area contributed by atoms with E-state index in [0.717, 1.165) is 24.8 Å². The Balaban J connectivity index is 1.37. The van der Waals surface area contributed by atoms with Crippen LogP contribution in [0.15, 0.2) is 11.6 Å². The number of ketones is 1. The lowest BCUT2D eigenvalue weighted by atomic mass is 9.34. The second kappa shape index (κ2) is 11.0. The fourth-order valence-electron chi connectivity index (χ4n) is 11.8. The number of carboxylic acids is 2. The Bertz CT molecular complexity index is 1360. The van der Waals surface area contributed by atoms with Crippen molar-refractivity contribution >= 4 is 17.7 Å². The molecule has 6 rings (SSSR count). The predicted molar refractivity (Wildman–Crippen MR) is 164 cm³/mol. The van der Waals surface area contributed by atoms with Gasteiger partial charge in [-0.2, -0.15) is 0 Å². The average Bonchev–Trinajstić information content (AvgIpc) is 2.97. The fraction of sp³-hybridized carbons (Fsp3) is 0.857. The summed E-state index contributed by atoms with van der Waals surface area (Å²) in [6.45, 7) is 12.0. The molecule has 0 unspecified atom stereocenters. The summed E-state index contributed by atoms with van der Waals surface area (Å²) in [7, 11) is 0. The first kappa shape index (κ1) is 34.9. The third-order valence-corrected chi connectivity index (χ3v) is 14.5. The topological polar surface area (TPSA) is 211 Å². The Kier molecular flexibility index (Phi) is 8.20. The van der Waals surface area contributed by atoms with Gasteiger partial charge in [-0.3, -0.25) is 9.59 Å². The SMILES string of the molecule is CC1(C)CC[C@@H]2[C@@H](O)C(=O)[C@]3(C)C(=CC[C@@H]4[C@@]5(C)C[C@H](O)[C@H](O[C@@H]6O[C@@H](C(=O)O)[C@@H](O)[C@H](O)[C@@H]6O)[C@@](C)(C(=O)O)[C@H]5CC[C@]43C)[C@@H]2C1. The highest BCUT2D eigenvalue weighted by atomic mass is 16.7. The number of rotatable bonds is 4. The van der Waals surface area contributed by atoms with Crippen LogP contribution in [0.5, 0.6) is 0 Å². The van der Waals surface area contributed by atoms with Gasteiger partial charge in [0, 0.05) is 0 Å². The largest absolute Gasteiger partial charge is 0.481 e. The molecule has 1 aliphatic heterocycles. The molecule has 47 heavy (non-hydrogen) atoms. The van der Waals surface area contributed by atoms with Crippen LogP contribution in [0.1, 0.15) is 86.5 Å². The van der Waals surface area contributed by atoms with Gasteiger partial charge in [0.2, 0.25) is 0 Å². The zero-order valence-corrected chi connectivity index (χ0v) is 28.1. The highest BCUT2D eigenvalue weighted by molar-refractivity contribution is 5.94. The van der Waals surface area contributed by atoms with Gasteiger partial charge in [-0.15, -0.1) is 0 Å². The van der Waals surface area contributed by atoms with Crippen molar-refractivity contribution in [3.63, 3.8) is 0 Å². The molecule has 12 nitrogen and oxygen atoms in total. The summed E-state index contributed by atoms with van der Waals surface area (Å²) >= 11 is 0. The van der Waals surface area contributed by atoms with Crippen molar-refractivity contribution in [2.24, 2.45) is 50.7 Å². The fourth-order valence-corrected chi connectivity index (χ4v) is 11.8. The normalized spacial score (nSPS) is 53.9. The molecule has 0 aromatic carbocycles. The van der Waals surface area contributed by atoms with Crippen LogP contribution in [0, 0.1) is 50.7 Å². The molecule has 0 aromatic heterocycles. The lowest BCUT2D eigenvalue weighted by Crippen LogP contribution is -2.71. The number of carbonyl (C=O) groups excluding carboxylic acids is 1. The summed E-state index contributed by atoms with van der Waals surface area (Å²) < 4.78 is 11.3. The molecule has 4 saturated carbocycles. The molecular weight excluding hydrogens is 612 g/mol. The van der Waals surface area contributed by atoms with E-state index in [9.17, 15) is 50.1 Å². The van der Waals surface area contributed by atoms with E-state index >= 15 is 0 Å². The lowest BCUT2D eigenvalue weighted by Gasteiger charge is -2.70. The van der Waals surface area contributed by atoms with E-state index in [0.29, 0.717) is 19.3 Å². The Morgan fingerprint density at radius 3 is 2.15 bits per heavy atom. The number of allylic oxidation sites excluding steroid dienone is 2. The number of aliphatic hydroxyl groups excluding tert-OH is 5. The predicted octanol–water partition coefficient (Wildman–Crippen LogP) is 1.88. The van der Waals surface area contributed by atoms with Crippen LogP contribution in [-0.2, 0) is 23.9 Å². The minimum atomic E-state index is -1.95. The maximum absolute atomic E-state index is 14.4. The van der Waals surface area contributed by atoms with Gasteiger partial charge < -0.3 is 45.2 Å². The van der Waals surface area contributed by atoms with Crippen LogP contribution in [-0.4, -0.2) is 102 Å². The molecule has 12 heteroatoms. The van der Waals surface area contributed by atoms with Crippen LogP contribution in [0.25, 0.3) is 0 Å². The van der Waals surface area contributed by atoms with Crippen LogP contribution in [0.3, 0.4) is 0 Å². The third-order valence-electron chi connectivity index (χ3n) is 14.5. The van der Waals surface area contributed by atoms with Crippen molar-refractivity contribution in [3.8, 4) is 0 Å². The van der Waals surface area contributed by atoms with Crippen molar-refractivity contribution in [3.05, 3.63) is 11.6 Å². The van der Waals surface area contributed by atoms with Crippen molar-refractivity contribution < 1.29 is 59.6 Å². The maximum atomic E-state index is 14.4. The van der Waals surface area contributed by atoms with Gasteiger partial charge in [0.05, 0.1) is 16.9 Å². The molecule has 1 saturated heterocycles. The molecule has 5 fully saturated rings. The molecule has 7 N–H and O–H groups in total. The minimum Gasteiger partial charge on any atom is -0.481 e. The number of hydrogen-bond acceptors (Lipinski definition) is 10. The number of ether oxygens (including phenoxy) is 2. The summed E-state index contributed by atoms with van der Waals surface area (Å²) in [5, 5.41) is 74.8. The highest BCUT2D eigenvalue weighted by Gasteiger charge is 2.73. The third kappa shape index (κ3) is 4.61. The second-order valence-corrected chi connectivity index (χ2v) is 17.2. The molecule has 1 heterocycles. The van der Waals surface area contributed by atoms with Gasteiger partial charge in [-0.25, -0.2) is 4.79 Å². The molecule has 0 spiro atoms. The number of Topliss-reactive ketones (excluding diaryl/α,β-unsaturated/α-hetero) is 1. The molecule has 0 radical (unpaired) electrons. The van der Waals surface area contributed by atoms with Gasteiger partial charge in [0.25, 0.3) is 0 Å².